The fourth-order valence-electron chi connectivity index (χ4n) is 4.48. The third-order valence-corrected chi connectivity index (χ3v) is 5.70. The number of fused-ring (bicyclic) bond motifs is 2. The molecular formula is C20H26N4O2. The maximum absolute atomic E-state index is 5.55. The molecule has 0 amide bonds. The summed E-state index contributed by atoms with van der Waals surface area (Å²) in [7, 11) is 0. The van der Waals surface area contributed by atoms with E-state index in [1.807, 2.05) is 12.3 Å². The molecule has 2 aromatic rings. The first kappa shape index (κ1) is 16.1. The van der Waals surface area contributed by atoms with Crippen LogP contribution >= 0.6 is 0 Å². The summed E-state index contributed by atoms with van der Waals surface area (Å²) in [4.78, 5) is 5.18. The van der Waals surface area contributed by atoms with E-state index in [0.717, 1.165) is 37.7 Å². The molecular weight excluding hydrogens is 328 g/mol. The van der Waals surface area contributed by atoms with E-state index in [-0.39, 0.29) is 0 Å². The minimum Gasteiger partial charge on any atom is -0.454 e. The Morgan fingerprint density at radius 2 is 1.88 bits per heavy atom. The predicted octanol–water partition coefficient (Wildman–Crippen LogP) is 2.34. The minimum atomic E-state index is 0.333. The Labute approximate surface area is 154 Å². The van der Waals surface area contributed by atoms with Crippen molar-refractivity contribution in [1.82, 2.24) is 19.6 Å². The lowest BCUT2D eigenvalue weighted by Gasteiger charge is -2.27. The van der Waals surface area contributed by atoms with Gasteiger partial charge in [0, 0.05) is 44.8 Å². The first-order valence-corrected chi connectivity index (χ1v) is 9.67. The average molecular weight is 354 g/mol. The van der Waals surface area contributed by atoms with Gasteiger partial charge in [-0.15, -0.1) is 0 Å². The van der Waals surface area contributed by atoms with E-state index in [0.29, 0.717) is 12.7 Å². The molecule has 0 unspecified atom stereocenters. The van der Waals surface area contributed by atoms with Crippen molar-refractivity contribution in [2.45, 2.75) is 32.5 Å². The van der Waals surface area contributed by atoms with Gasteiger partial charge >= 0.3 is 0 Å². The molecule has 138 valence electrons. The molecule has 0 radical (unpaired) electrons. The molecule has 3 aliphatic rings. The Balaban J connectivity index is 1.33. The Morgan fingerprint density at radius 3 is 2.81 bits per heavy atom. The van der Waals surface area contributed by atoms with E-state index in [2.05, 4.69) is 37.8 Å². The molecule has 0 saturated carbocycles. The van der Waals surface area contributed by atoms with Gasteiger partial charge < -0.3 is 14.4 Å². The average Bonchev–Trinajstić information content (AvgIpc) is 3.36. The van der Waals surface area contributed by atoms with Crippen LogP contribution in [0.25, 0.3) is 0 Å². The number of likely N-dealkylation sites (tertiary alicyclic amines) is 1. The number of aromatic nitrogens is 2. The van der Waals surface area contributed by atoms with Gasteiger partial charge in [0.2, 0.25) is 6.79 Å². The molecule has 4 heterocycles. The third kappa shape index (κ3) is 3.31. The summed E-state index contributed by atoms with van der Waals surface area (Å²) >= 11 is 0. The van der Waals surface area contributed by atoms with E-state index < -0.39 is 0 Å². The second-order valence-corrected chi connectivity index (χ2v) is 7.74. The van der Waals surface area contributed by atoms with Crippen molar-refractivity contribution >= 4 is 0 Å². The van der Waals surface area contributed by atoms with Crippen molar-refractivity contribution in [2.75, 3.05) is 33.0 Å². The Kier molecular flexibility index (Phi) is 4.30. The Morgan fingerprint density at radius 1 is 1.00 bits per heavy atom. The van der Waals surface area contributed by atoms with E-state index in [4.69, 9.17) is 9.47 Å². The molecule has 0 N–H and O–H groups in total. The molecule has 0 spiro atoms. The molecule has 26 heavy (non-hydrogen) atoms. The highest BCUT2D eigenvalue weighted by atomic mass is 16.7. The van der Waals surface area contributed by atoms with Gasteiger partial charge in [0.1, 0.15) is 0 Å². The van der Waals surface area contributed by atoms with Crippen LogP contribution in [0.5, 0.6) is 11.5 Å². The van der Waals surface area contributed by atoms with Crippen molar-refractivity contribution in [3.05, 3.63) is 41.7 Å². The number of hydrogen-bond acceptors (Lipinski definition) is 5. The van der Waals surface area contributed by atoms with Crippen LogP contribution in [0, 0.1) is 5.92 Å². The zero-order valence-electron chi connectivity index (χ0n) is 15.1. The zero-order chi connectivity index (χ0) is 17.3. The number of hydrogen-bond donors (Lipinski definition) is 0. The summed E-state index contributed by atoms with van der Waals surface area (Å²) in [5.41, 5.74) is 2.59. The molecule has 6 heteroatoms. The van der Waals surface area contributed by atoms with Crippen LogP contribution in [-0.4, -0.2) is 52.6 Å². The molecule has 0 aliphatic carbocycles. The highest BCUT2D eigenvalue weighted by Gasteiger charge is 2.25. The maximum Gasteiger partial charge on any atom is 0.231 e. The number of benzene rings is 1. The van der Waals surface area contributed by atoms with Crippen molar-refractivity contribution in [1.29, 1.82) is 0 Å². The molecule has 1 aromatic heterocycles. The SMILES string of the molecule is c1cc2n(n1)C[C@H](CN1CCCC1)CN(Cc1ccc3c(c1)OCO3)C2. The first-order valence-electron chi connectivity index (χ1n) is 9.67. The lowest BCUT2D eigenvalue weighted by Crippen LogP contribution is -2.35. The summed E-state index contributed by atoms with van der Waals surface area (Å²) in [5.74, 6) is 2.34. The summed E-state index contributed by atoms with van der Waals surface area (Å²) in [5, 5.41) is 4.57. The van der Waals surface area contributed by atoms with Gasteiger partial charge in [0.05, 0.1) is 5.69 Å². The second-order valence-electron chi connectivity index (χ2n) is 7.74. The van der Waals surface area contributed by atoms with Crippen LogP contribution in [0.15, 0.2) is 30.5 Å². The quantitative estimate of drug-likeness (QED) is 0.843. The van der Waals surface area contributed by atoms with E-state index in [1.165, 1.54) is 43.7 Å². The molecule has 0 bridgehead atoms. The third-order valence-electron chi connectivity index (χ3n) is 5.70. The molecule has 6 nitrogen and oxygen atoms in total. The molecule has 1 aromatic carbocycles. The number of nitrogens with zero attached hydrogens (tertiary/aromatic N) is 4. The van der Waals surface area contributed by atoms with Gasteiger partial charge in [-0.05, 0) is 49.7 Å². The Hall–Kier alpha value is -2.05. The van der Waals surface area contributed by atoms with Gasteiger partial charge in [-0.2, -0.15) is 5.10 Å². The van der Waals surface area contributed by atoms with Gasteiger partial charge in [0.15, 0.2) is 11.5 Å². The maximum atomic E-state index is 5.55. The van der Waals surface area contributed by atoms with Gasteiger partial charge in [-0.3, -0.25) is 9.58 Å². The highest BCUT2D eigenvalue weighted by Crippen LogP contribution is 2.33. The molecule has 1 fully saturated rings. The van der Waals surface area contributed by atoms with Gasteiger partial charge in [-0.1, -0.05) is 6.07 Å². The van der Waals surface area contributed by atoms with E-state index >= 15 is 0 Å². The van der Waals surface area contributed by atoms with E-state index in [9.17, 15) is 0 Å². The summed E-state index contributed by atoms with van der Waals surface area (Å²) in [6.07, 6.45) is 4.63. The lowest BCUT2D eigenvalue weighted by molar-refractivity contribution is 0.173. The largest absolute Gasteiger partial charge is 0.454 e. The fourth-order valence-corrected chi connectivity index (χ4v) is 4.48. The predicted molar refractivity (Wildman–Crippen MR) is 98.1 cm³/mol. The van der Waals surface area contributed by atoms with Crippen LogP contribution in [-0.2, 0) is 19.6 Å². The van der Waals surface area contributed by atoms with Crippen LogP contribution in [0.3, 0.4) is 0 Å². The summed E-state index contributed by atoms with van der Waals surface area (Å²) in [6.45, 7) is 8.03. The molecule has 1 saturated heterocycles. The van der Waals surface area contributed by atoms with Crippen molar-refractivity contribution < 1.29 is 9.47 Å². The summed E-state index contributed by atoms with van der Waals surface area (Å²) < 4.78 is 13.2. The smallest absolute Gasteiger partial charge is 0.231 e. The van der Waals surface area contributed by atoms with Crippen LogP contribution in [0.1, 0.15) is 24.1 Å². The Bertz CT molecular complexity index is 769. The monoisotopic (exact) mass is 354 g/mol. The number of ether oxygens (including phenoxy) is 2. The van der Waals surface area contributed by atoms with Crippen LogP contribution in [0.2, 0.25) is 0 Å². The summed E-state index contributed by atoms with van der Waals surface area (Å²) in [6, 6.07) is 8.47. The van der Waals surface area contributed by atoms with E-state index in [1.54, 1.807) is 0 Å². The lowest BCUT2D eigenvalue weighted by atomic mass is 10.1. The number of rotatable bonds is 4. The second kappa shape index (κ2) is 6.93. The zero-order valence-corrected chi connectivity index (χ0v) is 15.1. The normalized spacial score (nSPS) is 23.2. The standard InChI is InChI=1S/C20H26N4O2/c1-2-8-22(7-1)11-17-12-23(14-18-5-6-21-24(18)13-17)10-16-3-4-19-20(9-16)26-15-25-19/h3-6,9,17H,1-2,7-8,10-15H2/t17-/m1/s1. The molecule has 3 aliphatic heterocycles. The minimum absolute atomic E-state index is 0.333. The molecule has 1 atom stereocenters. The van der Waals surface area contributed by atoms with Crippen molar-refractivity contribution in [3.8, 4) is 11.5 Å². The van der Waals surface area contributed by atoms with Gasteiger partial charge in [0.25, 0.3) is 0 Å². The van der Waals surface area contributed by atoms with Crippen LogP contribution in [0.4, 0.5) is 0 Å². The fraction of sp³-hybridized carbons (Fsp3) is 0.550. The molecule has 5 rings (SSSR count). The van der Waals surface area contributed by atoms with Crippen molar-refractivity contribution in [2.24, 2.45) is 5.92 Å². The highest BCUT2D eigenvalue weighted by molar-refractivity contribution is 5.44. The topological polar surface area (TPSA) is 42.8 Å². The van der Waals surface area contributed by atoms with Crippen LogP contribution < -0.4 is 9.47 Å². The first-order chi connectivity index (χ1) is 12.8. The van der Waals surface area contributed by atoms with Crippen molar-refractivity contribution in [3.63, 3.8) is 0 Å². The van der Waals surface area contributed by atoms with Gasteiger partial charge in [-0.25, -0.2) is 0 Å².